The maximum absolute atomic E-state index is 12.4. The fourth-order valence-corrected chi connectivity index (χ4v) is 3.27. The van der Waals surface area contributed by atoms with E-state index in [9.17, 15) is 19.7 Å². The molecule has 0 unspecified atom stereocenters. The highest BCUT2D eigenvalue weighted by Gasteiger charge is 2.18. The number of hydrogen-bond donors (Lipinski definition) is 2. The van der Waals surface area contributed by atoms with E-state index in [1.54, 1.807) is 31.2 Å². The summed E-state index contributed by atoms with van der Waals surface area (Å²) in [6.45, 7) is 1.66. The second-order valence-electron chi connectivity index (χ2n) is 5.65. The summed E-state index contributed by atoms with van der Waals surface area (Å²) in [4.78, 5) is 39.4. The molecule has 0 saturated carbocycles. The van der Waals surface area contributed by atoms with E-state index in [0.29, 0.717) is 21.3 Å². The fourth-order valence-electron chi connectivity index (χ4n) is 2.29. The zero-order valence-corrected chi connectivity index (χ0v) is 16.0. The van der Waals surface area contributed by atoms with Crippen LogP contribution in [0, 0.1) is 17.0 Å². The molecule has 0 saturated heterocycles. The molecule has 0 radical (unpaired) electrons. The first-order chi connectivity index (χ1) is 13.3. The molecule has 0 aliphatic heterocycles. The molecule has 2 N–H and O–H groups in total. The van der Waals surface area contributed by atoms with Gasteiger partial charge in [0.05, 0.1) is 10.6 Å². The van der Waals surface area contributed by atoms with Crippen LogP contribution in [0.25, 0.3) is 0 Å². The second-order valence-corrected chi connectivity index (χ2v) is 7.09. The van der Waals surface area contributed by atoms with Gasteiger partial charge in [0, 0.05) is 28.4 Å². The molecule has 3 rings (SSSR count). The van der Waals surface area contributed by atoms with Crippen molar-refractivity contribution < 1.29 is 14.5 Å². The number of hydrogen-bond acceptors (Lipinski definition) is 6. The van der Waals surface area contributed by atoms with E-state index < -0.39 is 10.8 Å². The number of carbonyl (C=O) groups excluding carboxylic acids is 2. The number of anilines is 2. The summed E-state index contributed by atoms with van der Waals surface area (Å²) in [6.07, 6.45) is 0. The summed E-state index contributed by atoms with van der Waals surface area (Å²) in [6, 6.07) is 11.9. The van der Waals surface area contributed by atoms with E-state index in [4.69, 9.17) is 11.6 Å². The third-order valence-corrected chi connectivity index (χ3v) is 4.99. The molecule has 0 atom stereocenters. The first-order valence-electron chi connectivity index (χ1n) is 7.93. The molecule has 3 aromatic rings. The monoisotopic (exact) mass is 416 g/mol. The number of benzene rings is 2. The van der Waals surface area contributed by atoms with Crippen molar-refractivity contribution in [1.29, 1.82) is 0 Å². The first-order valence-corrected chi connectivity index (χ1v) is 9.13. The Balaban J connectivity index is 1.70. The molecule has 1 heterocycles. The lowest BCUT2D eigenvalue weighted by molar-refractivity contribution is -0.384. The molecule has 0 bridgehead atoms. The van der Waals surface area contributed by atoms with Gasteiger partial charge in [-0.1, -0.05) is 22.9 Å². The fraction of sp³-hybridized carbons (Fsp3) is 0.0556. The van der Waals surface area contributed by atoms with Crippen LogP contribution in [0.2, 0.25) is 5.02 Å². The minimum absolute atomic E-state index is 0.109. The predicted octanol–water partition coefficient (Wildman–Crippen LogP) is 4.52. The zero-order chi connectivity index (χ0) is 20.3. The van der Waals surface area contributed by atoms with Gasteiger partial charge in [-0.3, -0.25) is 25.0 Å². The summed E-state index contributed by atoms with van der Waals surface area (Å²) in [5.74, 6) is -0.832. The highest BCUT2D eigenvalue weighted by molar-refractivity contribution is 7.17. The van der Waals surface area contributed by atoms with Gasteiger partial charge in [0.25, 0.3) is 17.5 Å². The Morgan fingerprint density at radius 3 is 2.29 bits per heavy atom. The Labute approximate surface area is 168 Å². The number of non-ortho nitro benzene ring substituents is 1. The van der Waals surface area contributed by atoms with Crippen molar-refractivity contribution in [2.75, 3.05) is 10.6 Å². The van der Waals surface area contributed by atoms with Gasteiger partial charge < -0.3 is 5.32 Å². The summed E-state index contributed by atoms with van der Waals surface area (Å²) in [5.41, 5.74) is 1.18. The molecule has 0 fully saturated rings. The normalized spacial score (nSPS) is 10.4. The van der Waals surface area contributed by atoms with Gasteiger partial charge in [0.1, 0.15) is 4.88 Å². The number of nitro benzene ring substituents is 1. The Bertz CT molecular complexity index is 1050. The van der Waals surface area contributed by atoms with Crippen LogP contribution in [0.4, 0.5) is 16.5 Å². The summed E-state index contributed by atoms with van der Waals surface area (Å²) in [5, 5.41) is 16.8. The Hall–Kier alpha value is -3.30. The number of nitrogens with one attached hydrogen (secondary N) is 2. The van der Waals surface area contributed by atoms with Gasteiger partial charge in [-0.25, -0.2) is 4.98 Å². The molecule has 10 heteroatoms. The number of amides is 2. The molecule has 1 aromatic heterocycles. The van der Waals surface area contributed by atoms with E-state index in [1.807, 2.05) is 0 Å². The third kappa shape index (κ3) is 4.51. The summed E-state index contributed by atoms with van der Waals surface area (Å²) >= 11 is 6.85. The van der Waals surface area contributed by atoms with Gasteiger partial charge >= 0.3 is 0 Å². The average molecular weight is 417 g/mol. The molecule has 0 aliphatic rings. The molecule has 0 spiro atoms. The van der Waals surface area contributed by atoms with Gasteiger partial charge in [0.15, 0.2) is 5.13 Å². The van der Waals surface area contributed by atoms with Crippen LogP contribution in [-0.2, 0) is 0 Å². The lowest BCUT2D eigenvalue weighted by atomic mass is 10.2. The van der Waals surface area contributed by atoms with Gasteiger partial charge in [-0.15, -0.1) is 0 Å². The van der Waals surface area contributed by atoms with Crippen LogP contribution >= 0.6 is 22.9 Å². The number of nitrogens with zero attached hydrogens (tertiary/aromatic N) is 2. The molecular formula is C18H13ClN4O4S. The number of carbonyl (C=O) groups is 2. The van der Waals surface area contributed by atoms with E-state index >= 15 is 0 Å². The summed E-state index contributed by atoms with van der Waals surface area (Å²) in [7, 11) is 0. The van der Waals surface area contributed by atoms with E-state index in [0.717, 1.165) is 11.3 Å². The highest BCUT2D eigenvalue weighted by Crippen LogP contribution is 2.25. The van der Waals surface area contributed by atoms with Crippen LogP contribution in [0.1, 0.15) is 25.7 Å². The molecular weight excluding hydrogens is 404 g/mol. The number of thiazole rings is 1. The van der Waals surface area contributed by atoms with Crippen molar-refractivity contribution in [3.63, 3.8) is 0 Å². The molecule has 8 nitrogen and oxygen atoms in total. The maximum Gasteiger partial charge on any atom is 0.269 e. The minimum atomic E-state index is -0.544. The Kier molecular flexibility index (Phi) is 5.67. The largest absolute Gasteiger partial charge is 0.321 e. The van der Waals surface area contributed by atoms with Crippen LogP contribution < -0.4 is 10.6 Å². The lowest BCUT2D eigenvalue weighted by Gasteiger charge is -2.03. The second kappa shape index (κ2) is 8.15. The van der Waals surface area contributed by atoms with E-state index in [1.165, 1.54) is 24.3 Å². The third-order valence-electron chi connectivity index (χ3n) is 3.67. The molecule has 28 heavy (non-hydrogen) atoms. The average Bonchev–Trinajstić information content (AvgIpc) is 3.04. The number of halogens is 1. The number of aryl methyl sites for hydroxylation is 1. The van der Waals surface area contributed by atoms with Crippen molar-refractivity contribution in [2.45, 2.75) is 6.92 Å². The first kappa shape index (κ1) is 19.5. The SMILES string of the molecule is Cc1nc(NC(=O)c2ccc([N+](=O)[O-])cc2)sc1C(=O)Nc1ccc(Cl)cc1. The molecule has 0 aliphatic carbocycles. The van der Waals surface area contributed by atoms with E-state index in [2.05, 4.69) is 15.6 Å². The smallest absolute Gasteiger partial charge is 0.269 e. The van der Waals surface area contributed by atoms with E-state index in [-0.39, 0.29) is 22.3 Å². The molecule has 2 aromatic carbocycles. The molecule has 2 amide bonds. The quantitative estimate of drug-likeness (QED) is 0.468. The standard InChI is InChI=1S/C18H13ClN4O4S/c1-10-15(17(25)21-13-6-4-12(19)5-7-13)28-18(20-10)22-16(24)11-2-8-14(9-3-11)23(26)27/h2-9H,1H3,(H,21,25)(H,20,22,24). The van der Waals surface area contributed by atoms with Crippen molar-refractivity contribution in [3.05, 3.63) is 79.8 Å². The topological polar surface area (TPSA) is 114 Å². The number of aromatic nitrogens is 1. The van der Waals surface area contributed by atoms with Crippen molar-refractivity contribution in [3.8, 4) is 0 Å². The lowest BCUT2D eigenvalue weighted by Crippen LogP contribution is -2.11. The van der Waals surface area contributed by atoms with Gasteiger partial charge in [-0.05, 0) is 43.3 Å². The highest BCUT2D eigenvalue weighted by atomic mass is 35.5. The van der Waals surface area contributed by atoms with Crippen LogP contribution in [0.15, 0.2) is 48.5 Å². The summed E-state index contributed by atoms with van der Waals surface area (Å²) < 4.78 is 0. The Morgan fingerprint density at radius 1 is 1.04 bits per heavy atom. The van der Waals surface area contributed by atoms with Crippen LogP contribution in [0.5, 0.6) is 0 Å². The van der Waals surface area contributed by atoms with Crippen LogP contribution in [-0.4, -0.2) is 21.7 Å². The molecule has 142 valence electrons. The maximum atomic E-state index is 12.4. The van der Waals surface area contributed by atoms with Crippen LogP contribution in [0.3, 0.4) is 0 Å². The number of nitro groups is 1. The van der Waals surface area contributed by atoms with Crippen molar-refractivity contribution >= 4 is 51.3 Å². The van der Waals surface area contributed by atoms with Gasteiger partial charge in [0.2, 0.25) is 0 Å². The predicted molar refractivity (Wildman–Crippen MR) is 107 cm³/mol. The van der Waals surface area contributed by atoms with Crippen molar-refractivity contribution in [2.24, 2.45) is 0 Å². The zero-order valence-electron chi connectivity index (χ0n) is 14.4. The Morgan fingerprint density at radius 2 is 1.68 bits per heavy atom. The van der Waals surface area contributed by atoms with Gasteiger partial charge in [-0.2, -0.15) is 0 Å². The van der Waals surface area contributed by atoms with Crippen molar-refractivity contribution in [1.82, 2.24) is 4.98 Å². The minimum Gasteiger partial charge on any atom is -0.321 e. The number of rotatable bonds is 5.